The molecule has 1 heterocycles. The molecule has 9 heteroatoms. The highest BCUT2D eigenvalue weighted by Gasteiger charge is 2.19. The third-order valence-corrected chi connectivity index (χ3v) is 4.10. The second-order valence-corrected chi connectivity index (χ2v) is 6.35. The summed E-state index contributed by atoms with van der Waals surface area (Å²) in [6.07, 6.45) is 1.36. The Bertz CT molecular complexity index is 990. The van der Waals surface area contributed by atoms with Crippen LogP contribution in [0.25, 0.3) is 5.69 Å². The largest absolute Gasteiger partial charge is 0.495 e. The average molecular weight is 400 g/mol. The fraction of sp³-hybridized carbons (Fsp3) is 0.158. The van der Waals surface area contributed by atoms with E-state index in [9.17, 15) is 9.59 Å². The van der Waals surface area contributed by atoms with Crippen LogP contribution in [0.3, 0.4) is 0 Å². The van der Waals surface area contributed by atoms with Gasteiger partial charge in [-0.05, 0) is 30.3 Å². The second kappa shape index (κ2) is 8.53. The van der Waals surface area contributed by atoms with Crippen molar-refractivity contribution in [2.75, 3.05) is 26.0 Å². The minimum absolute atomic E-state index is 0.138. The Morgan fingerprint density at radius 2 is 1.96 bits per heavy atom. The molecule has 0 bridgehead atoms. The number of para-hydroxylation sites is 1. The maximum atomic E-state index is 12.5. The highest BCUT2D eigenvalue weighted by molar-refractivity contribution is 6.31. The van der Waals surface area contributed by atoms with Gasteiger partial charge in [-0.15, -0.1) is 5.10 Å². The number of amides is 2. The number of likely N-dealkylation sites (N-methyl/N-ethyl adjacent to an activating group) is 1. The number of aromatic nitrogens is 3. The summed E-state index contributed by atoms with van der Waals surface area (Å²) in [5.41, 5.74) is 1.30. The second-order valence-electron chi connectivity index (χ2n) is 5.91. The number of carbonyl (C=O) groups excluding carboxylic acids is 2. The van der Waals surface area contributed by atoms with E-state index in [4.69, 9.17) is 16.3 Å². The fourth-order valence-corrected chi connectivity index (χ4v) is 2.67. The van der Waals surface area contributed by atoms with E-state index in [2.05, 4.69) is 15.5 Å². The summed E-state index contributed by atoms with van der Waals surface area (Å²) in [7, 11) is 3.00. The summed E-state index contributed by atoms with van der Waals surface area (Å²) in [6, 6.07) is 14.1. The van der Waals surface area contributed by atoms with Gasteiger partial charge in [0.05, 0.1) is 31.2 Å². The van der Waals surface area contributed by atoms with Gasteiger partial charge in [-0.2, -0.15) is 9.90 Å². The summed E-state index contributed by atoms with van der Waals surface area (Å²) in [6.45, 7) is -0.174. The van der Waals surface area contributed by atoms with Crippen molar-refractivity contribution in [3.8, 4) is 11.4 Å². The van der Waals surface area contributed by atoms with Crippen LogP contribution in [-0.2, 0) is 4.79 Å². The molecule has 0 aliphatic carbocycles. The number of rotatable bonds is 6. The number of methoxy groups -OCH3 is 1. The van der Waals surface area contributed by atoms with Crippen LogP contribution in [0, 0.1) is 0 Å². The first kappa shape index (κ1) is 19.4. The van der Waals surface area contributed by atoms with Crippen molar-refractivity contribution in [3.05, 3.63) is 65.4 Å². The number of nitrogens with one attached hydrogen (secondary N) is 1. The predicted molar refractivity (Wildman–Crippen MR) is 105 cm³/mol. The van der Waals surface area contributed by atoms with Crippen molar-refractivity contribution < 1.29 is 14.3 Å². The molecule has 0 spiro atoms. The number of halogens is 1. The Kier molecular flexibility index (Phi) is 5.90. The minimum Gasteiger partial charge on any atom is -0.495 e. The highest BCUT2D eigenvalue weighted by atomic mass is 35.5. The lowest BCUT2D eigenvalue weighted by atomic mass is 10.3. The van der Waals surface area contributed by atoms with Gasteiger partial charge in [0.2, 0.25) is 5.91 Å². The van der Waals surface area contributed by atoms with Crippen molar-refractivity contribution in [1.82, 2.24) is 19.9 Å². The Morgan fingerprint density at radius 3 is 2.68 bits per heavy atom. The normalized spacial score (nSPS) is 10.4. The molecule has 0 unspecified atom stereocenters. The summed E-state index contributed by atoms with van der Waals surface area (Å²) in [5.74, 6) is -0.347. The zero-order chi connectivity index (χ0) is 20.1. The van der Waals surface area contributed by atoms with Crippen LogP contribution in [0.2, 0.25) is 5.02 Å². The Labute approximate surface area is 166 Å². The third kappa shape index (κ3) is 4.47. The van der Waals surface area contributed by atoms with Gasteiger partial charge in [-0.25, -0.2) is 0 Å². The molecule has 2 aromatic carbocycles. The van der Waals surface area contributed by atoms with Gasteiger partial charge < -0.3 is 15.0 Å². The molecule has 1 aromatic heterocycles. The number of hydrogen-bond acceptors (Lipinski definition) is 5. The maximum Gasteiger partial charge on any atom is 0.276 e. The van der Waals surface area contributed by atoms with Gasteiger partial charge in [0, 0.05) is 12.1 Å². The molecular weight excluding hydrogens is 382 g/mol. The molecule has 1 N–H and O–H groups in total. The first-order chi connectivity index (χ1) is 13.5. The molecule has 144 valence electrons. The van der Waals surface area contributed by atoms with Crippen LogP contribution >= 0.6 is 11.6 Å². The molecule has 0 atom stereocenters. The monoisotopic (exact) mass is 399 g/mol. The number of carbonyl (C=O) groups is 2. The number of anilines is 1. The highest BCUT2D eigenvalue weighted by Crippen LogP contribution is 2.27. The van der Waals surface area contributed by atoms with Crippen LogP contribution in [0.5, 0.6) is 5.75 Å². The lowest BCUT2D eigenvalue weighted by molar-refractivity contribution is -0.116. The quantitative estimate of drug-likeness (QED) is 0.688. The first-order valence-corrected chi connectivity index (χ1v) is 8.72. The van der Waals surface area contributed by atoms with Crippen LogP contribution < -0.4 is 10.1 Å². The summed E-state index contributed by atoms with van der Waals surface area (Å²) < 4.78 is 5.19. The van der Waals surface area contributed by atoms with E-state index >= 15 is 0 Å². The smallest absolute Gasteiger partial charge is 0.276 e. The topological polar surface area (TPSA) is 89.4 Å². The van der Waals surface area contributed by atoms with Crippen LogP contribution in [0.4, 0.5) is 5.69 Å². The van der Waals surface area contributed by atoms with E-state index in [1.165, 1.54) is 30.1 Å². The van der Waals surface area contributed by atoms with E-state index < -0.39 is 11.8 Å². The van der Waals surface area contributed by atoms with E-state index in [1.54, 1.807) is 18.2 Å². The lowest BCUT2D eigenvalue weighted by Gasteiger charge is -2.16. The predicted octanol–water partition coefficient (Wildman–Crippen LogP) is 2.64. The van der Waals surface area contributed by atoms with Crippen LogP contribution in [0.1, 0.15) is 10.5 Å². The fourth-order valence-electron chi connectivity index (χ4n) is 2.50. The molecule has 28 heavy (non-hydrogen) atoms. The standard InChI is InChI=1S/C19H18ClN5O3/c1-24(12-18(26)22-15-10-13(20)8-9-17(15)28-2)19(27)16-11-21-25(23-16)14-6-4-3-5-7-14/h3-11H,12H2,1-2H3,(H,22,26). The number of nitrogens with zero attached hydrogens (tertiary/aromatic N) is 4. The Balaban J connectivity index is 1.65. The van der Waals surface area contributed by atoms with Crippen molar-refractivity contribution >= 4 is 29.1 Å². The maximum absolute atomic E-state index is 12.5. The number of benzene rings is 2. The van der Waals surface area contributed by atoms with E-state index in [-0.39, 0.29) is 12.2 Å². The lowest BCUT2D eigenvalue weighted by Crippen LogP contribution is -2.35. The Morgan fingerprint density at radius 1 is 1.21 bits per heavy atom. The molecule has 0 saturated heterocycles. The van der Waals surface area contributed by atoms with Gasteiger partial charge in [-0.1, -0.05) is 29.8 Å². The molecule has 0 fully saturated rings. The van der Waals surface area contributed by atoms with Gasteiger partial charge in [0.25, 0.3) is 5.91 Å². The first-order valence-electron chi connectivity index (χ1n) is 8.34. The molecule has 2 amide bonds. The van der Waals surface area contributed by atoms with Crippen molar-refractivity contribution in [1.29, 1.82) is 0 Å². The molecule has 3 rings (SSSR count). The van der Waals surface area contributed by atoms with Gasteiger partial charge >= 0.3 is 0 Å². The molecule has 0 aliphatic rings. The molecule has 3 aromatic rings. The molecular formula is C19H18ClN5O3. The van der Waals surface area contributed by atoms with Gasteiger partial charge in [-0.3, -0.25) is 9.59 Å². The van der Waals surface area contributed by atoms with E-state index in [0.717, 1.165) is 5.69 Å². The average Bonchev–Trinajstić information content (AvgIpc) is 3.18. The summed E-state index contributed by atoms with van der Waals surface area (Å²) in [4.78, 5) is 27.5. The van der Waals surface area contributed by atoms with Crippen molar-refractivity contribution in [3.63, 3.8) is 0 Å². The minimum atomic E-state index is -0.421. The van der Waals surface area contributed by atoms with Crippen LogP contribution in [-0.4, -0.2) is 52.4 Å². The van der Waals surface area contributed by atoms with Crippen molar-refractivity contribution in [2.45, 2.75) is 0 Å². The third-order valence-electron chi connectivity index (χ3n) is 3.86. The zero-order valence-corrected chi connectivity index (χ0v) is 16.1. The van der Waals surface area contributed by atoms with Crippen LogP contribution in [0.15, 0.2) is 54.7 Å². The molecule has 0 saturated carbocycles. The SMILES string of the molecule is COc1ccc(Cl)cc1NC(=O)CN(C)C(=O)c1cnn(-c2ccccc2)n1. The van der Waals surface area contributed by atoms with Gasteiger partial charge in [0.15, 0.2) is 5.69 Å². The molecule has 0 aliphatic heterocycles. The Hall–Kier alpha value is -3.39. The number of hydrogen-bond donors (Lipinski definition) is 1. The van der Waals surface area contributed by atoms with E-state index in [0.29, 0.717) is 16.5 Å². The number of ether oxygens (including phenoxy) is 1. The van der Waals surface area contributed by atoms with Gasteiger partial charge in [0.1, 0.15) is 5.75 Å². The molecule has 0 radical (unpaired) electrons. The van der Waals surface area contributed by atoms with E-state index in [1.807, 2.05) is 30.3 Å². The summed E-state index contributed by atoms with van der Waals surface area (Å²) >= 11 is 5.96. The molecule has 8 nitrogen and oxygen atoms in total. The van der Waals surface area contributed by atoms with Crippen molar-refractivity contribution in [2.24, 2.45) is 0 Å². The zero-order valence-electron chi connectivity index (χ0n) is 15.3. The summed E-state index contributed by atoms with van der Waals surface area (Å²) in [5, 5.41) is 11.4.